The molecule has 0 saturated carbocycles. The third-order valence-electron chi connectivity index (χ3n) is 9.34. The van der Waals surface area contributed by atoms with Gasteiger partial charge in [0.1, 0.15) is 0 Å². The van der Waals surface area contributed by atoms with E-state index in [0.29, 0.717) is 0 Å². The van der Waals surface area contributed by atoms with Crippen molar-refractivity contribution in [2.24, 2.45) is 0 Å². The quantitative estimate of drug-likeness (QED) is 0.181. The van der Waals surface area contributed by atoms with Gasteiger partial charge < -0.3 is 9.47 Å². The Bertz CT molecular complexity index is 2480. The van der Waals surface area contributed by atoms with E-state index in [0.717, 1.165) is 22.7 Å². The molecule has 0 radical (unpaired) electrons. The van der Waals surface area contributed by atoms with Gasteiger partial charge in [-0.15, -0.1) is 0 Å². The van der Waals surface area contributed by atoms with Crippen molar-refractivity contribution >= 4 is 49.6 Å². The summed E-state index contributed by atoms with van der Waals surface area (Å²) in [5.74, 6) is 0. The van der Waals surface area contributed by atoms with Gasteiger partial charge in [-0.3, -0.25) is 0 Å². The van der Waals surface area contributed by atoms with Crippen LogP contribution in [0.3, 0.4) is 0 Å². The fraction of sp³-hybridized carbons (Fsp3) is 0. The monoisotopic (exact) mass is 612 g/mol. The Morgan fingerprint density at radius 3 is 1.52 bits per heavy atom. The Morgan fingerprint density at radius 2 is 0.875 bits per heavy atom. The first-order valence-corrected chi connectivity index (χ1v) is 16.4. The SMILES string of the molecule is c1ccc(-c2ccc(-c3ccc4c5c(N(c6ccccc6)c6ccccc6)cc6ccccc6c5n(-c5ccccc5)c4c3)cc2)cc1. The molecule has 0 amide bonds. The minimum absolute atomic E-state index is 1.12. The van der Waals surface area contributed by atoms with Crippen LogP contribution in [0.5, 0.6) is 0 Å². The Kier molecular flexibility index (Phi) is 6.84. The lowest BCUT2D eigenvalue weighted by molar-refractivity contribution is 1.19. The lowest BCUT2D eigenvalue weighted by atomic mass is 9.98. The van der Waals surface area contributed by atoms with Crippen molar-refractivity contribution < 1.29 is 0 Å². The van der Waals surface area contributed by atoms with Crippen LogP contribution in [0.2, 0.25) is 0 Å². The van der Waals surface area contributed by atoms with E-state index in [9.17, 15) is 0 Å². The number of hydrogen-bond donors (Lipinski definition) is 0. The first kappa shape index (κ1) is 27.9. The molecule has 9 rings (SSSR count). The van der Waals surface area contributed by atoms with Crippen molar-refractivity contribution in [1.29, 1.82) is 0 Å². The number of fused-ring (bicyclic) bond motifs is 5. The van der Waals surface area contributed by atoms with E-state index >= 15 is 0 Å². The van der Waals surface area contributed by atoms with Crippen LogP contribution in [0, 0.1) is 0 Å². The molecule has 0 unspecified atom stereocenters. The number of rotatable bonds is 6. The van der Waals surface area contributed by atoms with Crippen LogP contribution in [-0.2, 0) is 0 Å². The van der Waals surface area contributed by atoms with Gasteiger partial charge in [0.2, 0.25) is 0 Å². The molecular weight excluding hydrogens is 581 g/mol. The highest BCUT2D eigenvalue weighted by Crippen LogP contribution is 2.47. The highest BCUT2D eigenvalue weighted by molar-refractivity contribution is 6.25. The molecule has 0 atom stereocenters. The Labute approximate surface area is 280 Å². The molecule has 0 N–H and O–H groups in total. The van der Waals surface area contributed by atoms with Crippen LogP contribution >= 0.6 is 0 Å². The molecule has 0 saturated heterocycles. The second kappa shape index (κ2) is 11.8. The van der Waals surface area contributed by atoms with Crippen molar-refractivity contribution in [3.05, 3.63) is 194 Å². The van der Waals surface area contributed by atoms with Gasteiger partial charge >= 0.3 is 0 Å². The fourth-order valence-electron chi connectivity index (χ4n) is 7.13. The zero-order valence-electron chi connectivity index (χ0n) is 26.4. The average molecular weight is 613 g/mol. The topological polar surface area (TPSA) is 8.17 Å². The smallest absolute Gasteiger partial charge is 0.0640 e. The number of aromatic nitrogens is 1. The molecule has 0 bridgehead atoms. The van der Waals surface area contributed by atoms with E-state index in [2.05, 4.69) is 204 Å². The Morgan fingerprint density at radius 1 is 0.375 bits per heavy atom. The molecule has 2 nitrogen and oxygen atoms in total. The van der Waals surface area contributed by atoms with Gasteiger partial charge in [-0.05, 0) is 76.2 Å². The summed E-state index contributed by atoms with van der Waals surface area (Å²) in [5, 5.41) is 4.88. The van der Waals surface area contributed by atoms with Crippen LogP contribution in [0.25, 0.3) is 60.5 Å². The number of anilines is 3. The summed E-state index contributed by atoms with van der Waals surface area (Å²) >= 11 is 0. The summed E-state index contributed by atoms with van der Waals surface area (Å²) in [6, 6.07) is 69.8. The average Bonchev–Trinajstić information content (AvgIpc) is 3.52. The van der Waals surface area contributed by atoms with Gasteiger partial charge in [0, 0.05) is 33.2 Å². The lowest BCUT2D eigenvalue weighted by Crippen LogP contribution is -2.10. The summed E-state index contributed by atoms with van der Waals surface area (Å²) in [6.45, 7) is 0. The second-order valence-corrected chi connectivity index (χ2v) is 12.2. The van der Waals surface area contributed by atoms with E-state index in [-0.39, 0.29) is 0 Å². The number of benzene rings is 8. The summed E-state index contributed by atoms with van der Waals surface area (Å²) in [6.07, 6.45) is 0. The van der Waals surface area contributed by atoms with Crippen molar-refractivity contribution in [2.75, 3.05) is 4.90 Å². The van der Waals surface area contributed by atoms with E-state index < -0.39 is 0 Å². The molecule has 2 heteroatoms. The molecule has 0 aliphatic carbocycles. The molecular formula is C46H32N2. The summed E-state index contributed by atoms with van der Waals surface area (Å²) in [7, 11) is 0. The maximum Gasteiger partial charge on any atom is 0.0640 e. The van der Waals surface area contributed by atoms with Crippen molar-refractivity contribution in [1.82, 2.24) is 4.57 Å². The molecule has 0 spiro atoms. The maximum absolute atomic E-state index is 2.46. The van der Waals surface area contributed by atoms with Crippen molar-refractivity contribution in [3.8, 4) is 27.9 Å². The number of para-hydroxylation sites is 3. The number of nitrogens with zero attached hydrogens (tertiary/aromatic N) is 2. The third kappa shape index (κ3) is 4.74. The Hall–Kier alpha value is -6.38. The van der Waals surface area contributed by atoms with E-state index in [1.54, 1.807) is 0 Å². The molecule has 0 fully saturated rings. The minimum Gasteiger partial charge on any atom is -0.310 e. The van der Waals surface area contributed by atoms with Gasteiger partial charge in [-0.2, -0.15) is 0 Å². The summed E-state index contributed by atoms with van der Waals surface area (Å²) in [4.78, 5) is 2.40. The van der Waals surface area contributed by atoms with Gasteiger partial charge in [-0.25, -0.2) is 0 Å². The fourth-order valence-corrected chi connectivity index (χ4v) is 7.13. The molecule has 48 heavy (non-hydrogen) atoms. The van der Waals surface area contributed by atoms with Crippen LogP contribution in [0.15, 0.2) is 194 Å². The van der Waals surface area contributed by atoms with Crippen molar-refractivity contribution in [3.63, 3.8) is 0 Å². The van der Waals surface area contributed by atoms with Crippen molar-refractivity contribution in [2.45, 2.75) is 0 Å². The number of hydrogen-bond acceptors (Lipinski definition) is 1. The molecule has 9 aromatic rings. The van der Waals surface area contributed by atoms with Crippen LogP contribution in [0.4, 0.5) is 17.1 Å². The highest BCUT2D eigenvalue weighted by atomic mass is 15.1. The lowest BCUT2D eigenvalue weighted by Gasteiger charge is -2.27. The molecule has 0 aliphatic heterocycles. The summed E-state index contributed by atoms with van der Waals surface area (Å²) in [5.41, 5.74) is 11.8. The first-order valence-electron chi connectivity index (χ1n) is 16.4. The zero-order chi connectivity index (χ0) is 31.9. The van der Waals surface area contributed by atoms with Gasteiger partial charge in [0.25, 0.3) is 0 Å². The standard InChI is InChI=1S/C46H32N2/c1-5-15-33(16-6-1)34-25-27-35(28-26-34)36-29-30-42-43(31-36)48(40-22-11-4-12-23-40)46-41-24-14-13-17-37(41)32-44(45(42)46)47(38-18-7-2-8-19-38)39-20-9-3-10-21-39/h1-32H. The first-order chi connectivity index (χ1) is 23.8. The zero-order valence-corrected chi connectivity index (χ0v) is 26.4. The predicted molar refractivity (Wildman–Crippen MR) is 204 cm³/mol. The van der Waals surface area contributed by atoms with Crippen LogP contribution in [-0.4, -0.2) is 4.57 Å². The third-order valence-corrected chi connectivity index (χ3v) is 9.34. The van der Waals surface area contributed by atoms with Gasteiger partial charge in [0.15, 0.2) is 0 Å². The predicted octanol–water partition coefficient (Wildman–Crippen LogP) is 12.7. The molecule has 0 aliphatic rings. The molecule has 226 valence electrons. The summed E-state index contributed by atoms with van der Waals surface area (Å²) < 4.78 is 2.46. The largest absolute Gasteiger partial charge is 0.310 e. The minimum atomic E-state index is 1.12. The van der Waals surface area contributed by atoms with Gasteiger partial charge in [-0.1, -0.05) is 146 Å². The van der Waals surface area contributed by atoms with E-state index in [1.807, 2.05) is 0 Å². The van der Waals surface area contributed by atoms with Crippen LogP contribution < -0.4 is 4.90 Å². The second-order valence-electron chi connectivity index (χ2n) is 12.2. The Balaban J connectivity index is 1.36. The van der Waals surface area contributed by atoms with E-state index in [4.69, 9.17) is 0 Å². The maximum atomic E-state index is 2.46. The molecule has 1 heterocycles. The normalized spacial score (nSPS) is 11.3. The van der Waals surface area contributed by atoms with Gasteiger partial charge in [0.05, 0.1) is 16.7 Å². The highest BCUT2D eigenvalue weighted by Gasteiger charge is 2.23. The van der Waals surface area contributed by atoms with Crippen LogP contribution in [0.1, 0.15) is 0 Å². The van der Waals surface area contributed by atoms with E-state index in [1.165, 1.54) is 54.8 Å². The molecule has 8 aromatic carbocycles. The molecule has 1 aromatic heterocycles.